The zero-order valence-electron chi connectivity index (χ0n) is 14.5. The Hall–Kier alpha value is -2.14. The number of hydrogen-bond acceptors (Lipinski definition) is 3. The van der Waals surface area contributed by atoms with Gasteiger partial charge < -0.3 is 9.64 Å². The van der Waals surface area contributed by atoms with Crippen LogP contribution in [0.15, 0.2) is 36.5 Å². The number of aromatic nitrogens is 2. The summed E-state index contributed by atoms with van der Waals surface area (Å²) in [5.41, 5.74) is 3.56. The van der Waals surface area contributed by atoms with Crippen molar-refractivity contribution in [3.8, 4) is 0 Å². The van der Waals surface area contributed by atoms with Crippen LogP contribution in [0.5, 0.6) is 0 Å². The topological polar surface area (TPSA) is 58.2 Å². The molecule has 0 saturated carbocycles. The molecule has 0 bridgehead atoms. The molecule has 1 aliphatic heterocycles. The molecule has 5 nitrogen and oxygen atoms in total. The van der Waals surface area contributed by atoms with Gasteiger partial charge in [0, 0.05) is 24.3 Å². The molecule has 2 aromatic rings. The summed E-state index contributed by atoms with van der Waals surface area (Å²) in [6.45, 7) is 2.04. The lowest BCUT2D eigenvalue weighted by Gasteiger charge is -2.36. The van der Waals surface area contributed by atoms with E-state index in [0.717, 1.165) is 43.4 Å². The van der Waals surface area contributed by atoms with Crippen LogP contribution in [0.2, 0.25) is 0 Å². The van der Waals surface area contributed by atoms with Crippen LogP contribution in [-0.4, -0.2) is 46.8 Å². The first-order valence-electron chi connectivity index (χ1n) is 9.27. The molecule has 2 aliphatic rings. The maximum Gasteiger partial charge on any atom is 0.230 e. The largest absolute Gasteiger partial charge is 0.375 e. The fourth-order valence-corrected chi connectivity index (χ4v) is 4.00. The Morgan fingerprint density at radius 1 is 1.32 bits per heavy atom. The number of ether oxygens (including phenoxy) is 1. The van der Waals surface area contributed by atoms with E-state index in [-0.39, 0.29) is 17.9 Å². The molecule has 2 atom stereocenters. The molecule has 1 aromatic carbocycles. The SMILES string of the molecule is O=C([C@@H]1CCCc2[nH]ncc21)N1CCO[C@@H](CCc2ccccc2)C1. The van der Waals surface area contributed by atoms with E-state index >= 15 is 0 Å². The minimum Gasteiger partial charge on any atom is -0.375 e. The normalized spacial score (nSPS) is 23.3. The Morgan fingerprint density at radius 2 is 2.20 bits per heavy atom. The lowest BCUT2D eigenvalue weighted by Crippen LogP contribution is -2.47. The minimum absolute atomic E-state index is 0.0321. The molecule has 1 saturated heterocycles. The van der Waals surface area contributed by atoms with E-state index in [1.807, 2.05) is 17.2 Å². The lowest BCUT2D eigenvalue weighted by molar-refractivity contribution is -0.141. The number of hydrogen-bond donors (Lipinski definition) is 1. The van der Waals surface area contributed by atoms with E-state index in [1.165, 1.54) is 5.56 Å². The zero-order chi connectivity index (χ0) is 17.1. The second-order valence-electron chi connectivity index (χ2n) is 7.05. The van der Waals surface area contributed by atoms with E-state index in [2.05, 4.69) is 34.5 Å². The summed E-state index contributed by atoms with van der Waals surface area (Å²) in [6, 6.07) is 10.5. The third-order valence-corrected chi connectivity index (χ3v) is 5.39. The van der Waals surface area contributed by atoms with Gasteiger partial charge in [-0.1, -0.05) is 30.3 Å². The first-order valence-corrected chi connectivity index (χ1v) is 9.27. The summed E-state index contributed by atoms with van der Waals surface area (Å²) in [5, 5.41) is 7.19. The van der Waals surface area contributed by atoms with Gasteiger partial charge in [0.25, 0.3) is 0 Å². The third-order valence-electron chi connectivity index (χ3n) is 5.39. The summed E-state index contributed by atoms with van der Waals surface area (Å²) >= 11 is 0. The average Bonchev–Trinajstić information content (AvgIpc) is 3.16. The molecule has 4 rings (SSSR count). The first kappa shape index (κ1) is 16.3. The summed E-state index contributed by atoms with van der Waals surface area (Å²) < 4.78 is 5.91. The van der Waals surface area contributed by atoms with Crippen LogP contribution in [0.1, 0.15) is 42.0 Å². The number of amides is 1. The quantitative estimate of drug-likeness (QED) is 0.932. The Morgan fingerprint density at radius 3 is 3.08 bits per heavy atom. The monoisotopic (exact) mass is 339 g/mol. The van der Waals surface area contributed by atoms with Gasteiger partial charge in [-0.3, -0.25) is 9.89 Å². The summed E-state index contributed by atoms with van der Waals surface area (Å²) in [6.07, 6.45) is 6.89. The molecular weight excluding hydrogens is 314 g/mol. The first-order chi connectivity index (χ1) is 12.3. The summed E-state index contributed by atoms with van der Waals surface area (Å²) in [5.74, 6) is 0.214. The van der Waals surface area contributed by atoms with Crippen LogP contribution in [0.25, 0.3) is 0 Å². The smallest absolute Gasteiger partial charge is 0.230 e. The van der Waals surface area contributed by atoms with Gasteiger partial charge in [-0.25, -0.2) is 0 Å². The predicted molar refractivity (Wildman–Crippen MR) is 95.3 cm³/mol. The number of fused-ring (bicyclic) bond motifs is 1. The molecule has 0 unspecified atom stereocenters. The standard InChI is InChI=1S/C20H25N3O2/c24-20(17-7-4-8-19-18(17)13-21-22-19)23-11-12-25-16(14-23)10-9-15-5-2-1-3-6-15/h1-3,5-6,13,16-17H,4,7-12,14H2,(H,21,22)/t16-,17+/m0/s1. The van der Waals surface area contributed by atoms with Crippen molar-refractivity contribution >= 4 is 5.91 Å². The van der Waals surface area contributed by atoms with Crippen molar-refractivity contribution in [1.29, 1.82) is 0 Å². The Labute approximate surface area is 148 Å². The molecule has 1 N–H and O–H groups in total. The fourth-order valence-electron chi connectivity index (χ4n) is 4.00. The third kappa shape index (κ3) is 3.61. The lowest BCUT2D eigenvalue weighted by atomic mass is 9.86. The number of nitrogens with zero attached hydrogens (tertiary/aromatic N) is 2. The highest BCUT2D eigenvalue weighted by molar-refractivity contribution is 5.84. The van der Waals surface area contributed by atoms with E-state index in [9.17, 15) is 4.79 Å². The average molecular weight is 339 g/mol. The van der Waals surface area contributed by atoms with Gasteiger partial charge in [0.1, 0.15) is 0 Å². The van der Waals surface area contributed by atoms with Crippen LogP contribution in [-0.2, 0) is 22.4 Å². The van der Waals surface area contributed by atoms with Crippen molar-refractivity contribution < 1.29 is 9.53 Å². The van der Waals surface area contributed by atoms with E-state index < -0.39 is 0 Å². The van der Waals surface area contributed by atoms with Gasteiger partial charge in [-0.05, 0) is 37.7 Å². The van der Waals surface area contributed by atoms with E-state index in [0.29, 0.717) is 19.7 Å². The number of aryl methyl sites for hydroxylation is 2. The molecule has 1 amide bonds. The van der Waals surface area contributed by atoms with E-state index in [1.54, 1.807) is 0 Å². The van der Waals surface area contributed by atoms with Crippen molar-refractivity contribution in [3.63, 3.8) is 0 Å². The van der Waals surface area contributed by atoms with Gasteiger partial charge >= 0.3 is 0 Å². The number of rotatable bonds is 4. The maximum absolute atomic E-state index is 13.1. The Bertz CT molecular complexity index is 713. The molecule has 25 heavy (non-hydrogen) atoms. The van der Waals surface area contributed by atoms with Gasteiger partial charge in [0.05, 0.1) is 24.8 Å². The second-order valence-corrected chi connectivity index (χ2v) is 7.05. The number of carbonyl (C=O) groups excluding carboxylic acids is 1. The summed E-state index contributed by atoms with van der Waals surface area (Å²) in [4.78, 5) is 15.1. The summed E-state index contributed by atoms with van der Waals surface area (Å²) in [7, 11) is 0. The van der Waals surface area contributed by atoms with Crippen molar-refractivity contribution in [2.75, 3.05) is 19.7 Å². The van der Waals surface area contributed by atoms with Gasteiger partial charge in [0.2, 0.25) is 5.91 Å². The molecule has 132 valence electrons. The van der Waals surface area contributed by atoms with Crippen LogP contribution in [0, 0.1) is 0 Å². The van der Waals surface area contributed by atoms with Crippen molar-refractivity contribution in [3.05, 3.63) is 53.3 Å². The highest BCUT2D eigenvalue weighted by Gasteiger charge is 2.33. The van der Waals surface area contributed by atoms with Crippen LogP contribution >= 0.6 is 0 Å². The second kappa shape index (κ2) is 7.40. The molecule has 1 fully saturated rings. The number of carbonyl (C=O) groups is 1. The Kier molecular flexibility index (Phi) is 4.83. The van der Waals surface area contributed by atoms with E-state index in [4.69, 9.17) is 4.74 Å². The number of morpholine rings is 1. The number of benzene rings is 1. The zero-order valence-corrected chi connectivity index (χ0v) is 14.5. The van der Waals surface area contributed by atoms with Crippen molar-refractivity contribution in [2.24, 2.45) is 0 Å². The number of nitrogens with one attached hydrogen (secondary N) is 1. The molecule has 0 spiro atoms. The Balaban J connectivity index is 1.37. The van der Waals surface area contributed by atoms with Crippen molar-refractivity contribution in [2.45, 2.75) is 44.1 Å². The minimum atomic E-state index is -0.0321. The molecule has 0 radical (unpaired) electrons. The van der Waals surface area contributed by atoms with Crippen LogP contribution in [0.4, 0.5) is 0 Å². The van der Waals surface area contributed by atoms with Crippen LogP contribution in [0.3, 0.4) is 0 Å². The fraction of sp³-hybridized carbons (Fsp3) is 0.500. The molecule has 2 heterocycles. The molecular formula is C20H25N3O2. The van der Waals surface area contributed by atoms with Gasteiger partial charge in [-0.15, -0.1) is 0 Å². The van der Waals surface area contributed by atoms with Crippen LogP contribution < -0.4 is 0 Å². The van der Waals surface area contributed by atoms with Gasteiger partial charge in [-0.2, -0.15) is 5.10 Å². The number of H-pyrrole nitrogens is 1. The molecule has 1 aromatic heterocycles. The van der Waals surface area contributed by atoms with Gasteiger partial charge in [0.15, 0.2) is 0 Å². The molecule has 1 aliphatic carbocycles. The number of aromatic amines is 1. The predicted octanol–water partition coefficient (Wildman–Crippen LogP) is 2.69. The highest BCUT2D eigenvalue weighted by atomic mass is 16.5. The highest BCUT2D eigenvalue weighted by Crippen LogP contribution is 2.32. The maximum atomic E-state index is 13.1. The van der Waals surface area contributed by atoms with Crippen molar-refractivity contribution in [1.82, 2.24) is 15.1 Å². The molecule has 5 heteroatoms.